The maximum absolute atomic E-state index is 2.48. The van der Waals surface area contributed by atoms with Crippen LogP contribution in [-0.2, 0) is 5.41 Å². The first kappa shape index (κ1) is 34.8. The van der Waals surface area contributed by atoms with Gasteiger partial charge in [0.2, 0.25) is 0 Å². The highest BCUT2D eigenvalue weighted by molar-refractivity contribution is 7.26. The zero-order valence-electron chi connectivity index (χ0n) is 33.7. The highest BCUT2D eigenvalue weighted by atomic mass is 32.1. The third-order valence-electron chi connectivity index (χ3n) is 13.2. The molecule has 1 aliphatic carbocycles. The SMILES string of the molecule is CC1(C)c2cc(N(c3ccc(-c4cccc5c4sc4ccccc45)cc3)c3ccc4c(c3)c3ccccc3n4-c3ccccc3)ccc2-c2cc3sc4ccccc4c3cc21. The lowest BCUT2D eigenvalue weighted by Gasteiger charge is -2.28. The van der Waals surface area contributed by atoms with Crippen molar-refractivity contribution < 1.29 is 0 Å². The van der Waals surface area contributed by atoms with Gasteiger partial charge in [-0.2, -0.15) is 0 Å². The molecule has 0 fully saturated rings. The van der Waals surface area contributed by atoms with Gasteiger partial charge in [-0.3, -0.25) is 0 Å². The Kier molecular flexibility index (Phi) is 7.43. The van der Waals surface area contributed by atoms with Gasteiger partial charge in [0.1, 0.15) is 0 Å². The van der Waals surface area contributed by atoms with Crippen molar-refractivity contribution in [3.05, 3.63) is 205 Å². The third kappa shape index (κ3) is 5.13. The summed E-state index contributed by atoms with van der Waals surface area (Å²) < 4.78 is 7.75. The van der Waals surface area contributed by atoms with Gasteiger partial charge in [0, 0.05) is 79.3 Å². The molecule has 9 aromatic carbocycles. The molecule has 13 rings (SSSR count). The summed E-state index contributed by atoms with van der Waals surface area (Å²) in [4.78, 5) is 2.46. The van der Waals surface area contributed by atoms with Crippen LogP contribution in [0.25, 0.3) is 90.1 Å². The summed E-state index contributed by atoms with van der Waals surface area (Å²) in [6.45, 7) is 4.81. The first-order chi connectivity index (χ1) is 30.0. The van der Waals surface area contributed by atoms with Gasteiger partial charge in [-0.25, -0.2) is 0 Å². The third-order valence-corrected chi connectivity index (χ3v) is 15.5. The minimum atomic E-state index is -0.177. The van der Waals surface area contributed by atoms with Crippen molar-refractivity contribution in [2.75, 3.05) is 4.90 Å². The molecule has 0 amide bonds. The maximum atomic E-state index is 2.48. The van der Waals surface area contributed by atoms with Crippen LogP contribution in [0.4, 0.5) is 17.1 Å². The molecule has 0 bridgehead atoms. The van der Waals surface area contributed by atoms with Gasteiger partial charge in [0.25, 0.3) is 0 Å². The van der Waals surface area contributed by atoms with Gasteiger partial charge in [-0.1, -0.05) is 123 Å². The number of anilines is 3. The number of benzene rings is 9. The van der Waals surface area contributed by atoms with Crippen molar-refractivity contribution in [3.8, 4) is 27.9 Å². The zero-order valence-corrected chi connectivity index (χ0v) is 35.3. The Hall–Kier alpha value is -6.98. The van der Waals surface area contributed by atoms with E-state index >= 15 is 0 Å². The quantitative estimate of drug-likeness (QED) is 0.168. The van der Waals surface area contributed by atoms with Crippen molar-refractivity contribution in [2.24, 2.45) is 0 Å². The van der Waals surface area contributed by atoms with Crippen molar-refractivity contribution in [2.45, 2.75) is 19.3 Å². The minimum Gasteiger partial charge on any atom is -0.310 e. The standard InChI is InChI=1S/C57H38N2S2/c1-57(2)49-32-39(27-29-41(49)46-34-55-48(33-50(46)57)44-17-8-10-21-53(44)60-55)58(37-25-23-35(24-26-37)40-18-12-19-45-43-16-7-11-22-54(43)61-56(40)45)38-28-30-52-47(31-38)42-15-6-9-20-51(42)59(52)36-13-4-3-5-14-36/h3-34H,1-2H3. The number of para-hydroxylation sites is 2. The monoisotopic (exact) mass is 814 g/mol. The fourth-order valence-electron chi connectivity index (χ4n) is 10.2. The van der Waals surface area contributed by atoms with Crippen LogP contribution in [0.15, 0.2) is 194 Å². The molecule has 4 heteroatoms. The average molecular weight is 815 g/mol. The van der Waals surface area contributed by atoms with Gasteiger partial charge in [-0.05, 0) is 118 Å². The molecular weight excluding hydrogens is 777 g/mol. The summed E-state index contributed by atoms with van der Waals surface area (Å²) >= 11 is 3.78. The zero-order chi connectivity index (χ0) is 40.4. The van der Waals surface area contributed by atoms with E-state index in [9.17, 15) is 0 Å². The number of nitrogens with zero attached hydrogens (tertiary/aromatic N) is 2. The fourth-order valence-corrected chi connectivity index (χ4v) is 12.6. The fraction of sp³-hybridized carbons (Fsp3) is 0.0526. The van der Waals surface area contributed by atoms with Crippen LogP contribution in [-0.4, -0.2) is 4.57 Å². The molecule has 0 saturated heterocycles. The van der Waals surface area contributed by atoms with Crippen LogP contribution < -0.4 is 4.90 Å². The van der Waals surface area contributed by atoms with E-state index in [1.54, 1.807) is 0 Å². The Bertz CT molecular complexity index is 3730. The summed E-state index contributed by atoms with van der Waals surface area (Å²) in [6, 6.07) is 72.2. The van der Waals surface area contributed by atoms with Crippen LogP contribution in [0, 0.1) is 0 Å². The predicted octanol–water partition coefficient (Wildman–Crippen LogP) is 17.0. The summed E-state index contributed by atoms with van der Waals surface area (Å²) in [7, 11) is 0. The van der Waals surface area contributed by atoms with E-state index in [0.717, 1.165) is 22.7 Å². The summed E-state index contributed by atoms with van der Waals surface area (Å²) in [5, 5.41) is 7.83. The topological polar surface area (TPSA) is 8.17 Å². The molecule has 0 unspecified atom stereocenters. The molecule has 0 N–H and O–H groups in total. The van der Waals surface area contributed by atoms with Crippen LogP contribution in [0.5, 0.6) is 0 Å². The van der Waals surface area contributed by atoms with Crippen molar-refractivity contribution >= 4 is 102 Å². The van der Waals surface area contributed by atoms with E-state index in [2.05, 4.69) is 217 Å². The molecule has 1 aliphatic rings. The van der Waals surface area contributed by atoms with Crippen LogP contribution in [0.1, 0.15) is 25.0 Å². The Morgan fingerprint density at radius 3 is 1.84 bits per heavy atom. The van der Waals surface area contributed by atoms with E-state index in [0.29, 0.717) is 0 Å². The molecule has 0 radical (unpaired) electrons. The average Bonchev–Trinajstić information content (AvgIpc) is 4.03. The molecule has 3 aromatic heterocycles. The second-order valence-corrected chi connectivity index (χ2v) is 19.0. The molecule has 0 saturated carbocycles. The van der Waals surface area contributed by atoms with Crippen molar-refractivity contribution in [1.29, 1.82) is 0 Å². The number of thiophene rings is 2. The van der Waals surface area contributed by atoms with Crippen molar-refractivity contribution in [1.82, 2.24) is 4.57 Å². The lowest BCUT2D eigenvalue weighted by molar-refractivity contribution is 0.661. The Morgan fingerprint density at radius 2 is 1.02 bits per heavy atom. The molecule has 0 atom stereocenters. The van der Waals surface area contributed by atoms with Gasteiger partial charge in [0.05, 0.1) is 11.0 Å². The maximum Gasteiger partial charge on any atom is 0.0542 e. The Balaban J connectivity index is 0.993. The highest BCUT2D eigenvalue weighted by Gasteiger charge is 2.37. The molecule has 3 heterocycles. The van der Waals surface area contributed by atoms with E-state index in [-0.39, 0.29) is 5.41 Å². The Morgan fingerprint density at radius 1 is 0.393 bits per heavy atom. The van der Waals surface area contributed by atoms with E-state index in [1.807, 2.05) is 22.7 Å². The molecule has 61 heavy (non-hydrogen) atoms. The van der Waals surface area contributed by atoms with Crippen molar-refractivity contribution in [3.63, 3.8) is 0 Å². The summed E-state index contributed by atoms with van der Waals surface area (Å²) in [6.07, 6.45) is 0. The van der Waals surface area contributed by atoms with Gasteiger partial charge in [-0.15, -0.1) is 22.7 Å². The smallest absolute Gasteiger partial charge is 0.0542 e. The second-order valence-electron chi connectivity index (χ2n) is 16.9. The number of aromatic nitrogens is 1. The largest absolute Gasteiger partial charge is 0.310 e. The first-order valence-corrected chi connectivity index (χ1v) is 22.6. The number of rotatable bonds is 5. The Labute approximate surface area is 361 Å². The molecule has 0 spiro atoms. The summed E-state index contributed by atoms with van der Waals surface area (Å²) in [5.41, 5.74) is 14.7. The molecule has 0 aliphatic heterocycles. The number of hydrogen-bond donors (Lipinski definition) is 0. The van der Waals surface area contributed by atoms with E-state index < -0.39 is 0 Å². The van der Waals surface area contributed by atoms with Crippen LogP contribution >= 0.6 is 22.7 Å². The van der Waals surface area contributed by atoms with Gasteiger partial charge in [0.15, 0.2) is 0 Å². The number of fused-ring (bicyclic) bond motifs is 12. The number of hydrogen-bond acceptors (Lipinski definition) is 3. The van der Waals surface area contributed by atoms with E-state index in [1.165, 1.54) is 95.5 Å². The molecule has 288 valence electrons. The van der Waals surface area contributed by atoms with Crippen LogP contribution in [0.3, 0.4) is 0 Å². The first-order valence-electron chi connectivity index (χ1n) is 21.0. The van der Waals surface area contributed by atoms with Crippen LogP contribution in [0.2, 0.25) is 0 Å². The minimum absolute atomic E-state index is 0.177. The lowest BCUT2D eigenvalue weighted by atomic mass is 9.82. The molecule has 2 nitrogen and oxygen atoms in total. The molecule has 12 aromatic rings. The lowest BCUT2D eigenvalue weighted by Crippen LogP contribution is -2.16. The highest BCUT2D eigenvalue weighted by Crippen LogP contribution is 2.53. The van der Waals surface area contributed by atoms with Gasteiger partial charge >= 0.3 is 0 Å². The van der Waals surface area contributed by atoms with E-state index in [4.69, 9.17) is 0 Å². The second kappa shape index (κ2) is 13.0. The van der Waals surface area contributed by atoms with Gasteiger partial charge < -0.3 is 9.47 Å². The summed E-state index contributed by atoms with van der Waals surface area (Å²) in [5.74, 6) is 0. The predicted molar refractivity (Wildman–Crippen MR) is 264 cm³/mol. The normalized spacial score (nSPS) is 13.2. The molecular formula is C57H38N2S2.